The number of aromatic nitrogens is 1. The zero-order valence-corrected chi connectivity index (χ0v) is 15.0. The van der Waals surface area contributed by atoms with Gasteiger partial charge in [-0.1, -0.05) is 6.07 Å². The van der Waals surface area contributed by atoms with Gasteiger partial charge in [-0.15, -0.1) is 11.3 Å². The number of fused-ring (bicyclic) bond motifs is 4. The van der Waals surface area contributed by atoms with Gasteiger partial charge in [0.1, 0.15) is 0 Å². The number of nitriles is 1. The molecule has 7 heteroatoms. The number of nitrogens with zero attached hydrogens (tertiary/aromatic N) is 4. The van der Waals surface area contributed by atoms with Crippen molar-refractivity contribution in [3.8, 4) is 6.07 Å². The van der Waals surface area contributed by atoms with Crippen LogP contribution >= 0.6 is 11.3 Å². The van der Waals surface area contributed by atoms with Crippen molar-refractivity contribution in [2.45, 2.75) is 25.4 Å². The van der Waals surface area contributed by atoms with Gasteiger partial charge < -0.3 is 9.80 Å². The lowest BCUT2D eigenvalue weighted by atomic mass is 9.94. The Morgan fingerprint density at radius 1 is 1.35 bits per heavy atom. The van der Waals surface area contributed by atoms with E-state index < -0.39 is 0 Å². The van der Waals surface area contributed by atoms with Crippen LogP contribution in [0, 0.1) is 17.2 Å². The van der Waals surface area contributed by atoms with Crippen LogP contribution < -0.4 is 0 Å². The molecule has 0 unspecified atom stereocenters. The molecule has 26 heavy (non-hydrogen) atoms. The molecular formula is C19H18N4O2S. The molecule has 3 aliphatic rings. The van der Waals surface area contributed by atoms with Crippen molar-refractivity contribution >= 4 is 23.2 Å². The lowest BCUT2D eigenvalue weighted by Gasteiger charge is -2.35. The first-order valence-corrected chi connectivity index (χ1v) is 9.57. The minimum atomic E-state index is -0.157. The van der Waals surface area contributed by atoms with Gasteiger partial charge in [0, 0.05) is 30.1 Å². The third kappa shape index (κ3) is 3.08. The van der Waals surface area contributed by atoms with Crippen molar-refractivity contribution in [3.63, 3.8) is 0 Å². The summed E-state index contributed by atoms with van der Waals surface area (Å²) in [5, 5.41) is 11.0. The van der Waals surface area contributed by atoms with Crippen LogP contribution in [0.3, 0.4) is 0 Å². The highest BCUT2D eigenvalue weighted by atomic mass is 32.1. The number of thiazole rings is 1. The molecule has 6 nitrogen and oxygen atoms in total. The highest BCUT2D eigenvalue weighted by molar-refractivity contribution is 7.07. The van der Waals surface area contributed by atoms with Crippen molar-refractivity contribution < 1.29 is 9.59 Å². The molecule has 5 rings (SSSR count). The average molecular weight is 366 g/mol. The van der Waals surface area contributed by atoms with Gasteiger partial charge in [0.25, 0.3) is 5.91 Å². The molecule has 132 valence electrons. The van der Waals surface area contributed by atoms with Crippen LogP contribution in [0.4, 0.5) is 0 Å². The van der Waals surface area contributed by atoms with Crippen LogP contribution in [0.1, 0.15) is 34.5 Å². The van der Waals surface area contributed by atoms with E-state index in [1.54, 1.807) is 34.7 Å². The van der Waals surface area contributed by atoms with Gasteiger partial charge >= 0.3 is 0 Å². The maximum absolute atomic E-state index is 12.9. The molecule has 2 bridgehead atoms. The molecule has 4 heterocycles. The number of benzene rings is 1. The van der Waals surface area contributed by atoms with Crippen LogP contribution in [0.2, 0.25) is 0 Å². The minimum Gasteiger partial charge on any atom is -0.336 e. The van der Waals surface area contributed by atoms with Gasteiger partial charge in [-0.05, 0) is 31.0 Å². The fourth-order valence-corrected chi connectivity index (χ4v) is 4.36. The molecule has 1 aromatic heterocycles. The smallest absolute Gasteiger partial charge is 0.253 e. The average Bonchev–Trinajstić information content (AvgIpc) is 3.04. The number of hydrogen-bond donors (Lipinski definition) is 0. The maximum atomic E-state index is 12.9. The largest absolute Gasteiger partial charge is 0.336 e. The van der Waals surface area contributed by atoms with Gasteiger partial charge in [0.05, 0.1) is 35.3 Å². The number of rotatable bonds is 3. The van der Waals surface area contributed by atoms with Gasteiger partial charge in [0.15, 0.2) is 0 Å². The second kappa shape index (κ2) is 6.89. The standard InChI is InChI=1S/C19H18N4O2S/c20-7-13-2-1-3-14(6-13)18(24)22-8-15-4-5-17(10-22)23(19(15)25)9-16-11-26-12-21-16/h1-3,6,11-12,15,17H,4-5,8-10H2/t15-,17+/m1/s1. The third-order valence-electron chi connectivity index (χ3n) is 5.13. The number of amides is 2. The van der Waals surface area contributed by atoms with Crippen LogP contribution in [-0.2, 0) is 11.3 Å². The van der Waals surface area contributed by atoms with Crippen LogP contribution in [0.25, 0.3) is 0 Å². The van der Waals surface area contributed by atoms with E-state index >= 15 is 0 Å². The Hall–Kier alpha value is -2.72. The van der Waals surface area contributed by atoms with Crippen molar-refractivity contribution in [2.24, 2.45) is 5.92 Å². The summed E-state index contributed by atoms with van der Waals surface area (Å²) in [5.41, 5.74) is 3.64. The minimum absolute atomic E-state index is 0.0195. The summed E-state index contributed by atoms with van der Waals surface area (Å²) in [5.74, 6) is -0.145. The summed E-state index contributed by atoms with van der Waals surface area (Å²) >= 11 is 1.52. The van der Waals surface area contributed by atoms with Crippen molar-refractivity contribution in [3.05, 3.63) is 52.0 Å². The van der Waals surface area contributed by atoms with Crippen molar-refractivity contribution in [1.82, 2.24) is 14.8 Å². The Morgan fingerprint density at radius 3 is 3.00 bits per heavy atom. The van der Waals surface area contributed by atoms with Crippen molar-refractivity contribution in [1.29, 1.82) is 5.26 Å². The quantitative estimate of drug-likeness (QED) is 0.835. The van der Waals surface area contributed by atoms with E-state index in [9.17, 15) is 9.59 Å². The summed E-state index contributed by atoms with van der Waals surface area (Å²) in [4.78, 5) is 33.8. The molecule has 2 amide bonds. The van der Waals surface area contributed by atoms with E-state index in [2.05, 4.69) is 11.1 Å². The molecule has 0 N–H and O–H groups in total. The molecule has 3 aliphatic heterocycles. The summed E-state index contributed by atoms with van der Waals surface area (Å²) < 4.78 is 0. The first-order valence-electron chi connectivity index (χ1n) is 8.62. The molecule has 2 atom stereocenters. The van der Waals surface area contributed by atoms with Crippen LogP contribution in [0.15, 0.2) is 35.2 Å². The fraction of sp³-hybridized carbons (Fsp3) is 0.368. The van der Waals surface area contributed by atoms with Gasteiger partial charge in [0.2, 0.25) is 5.91 Å². The van der Waals surface area contributed by atoms with Crippen LogP contribution in [0.5, 0.6) is 0 Å². The van der Waals surface area contributed by atoms with Gasteiger partial charge in [-0.3, -0.25) is 9.59 Å². The van der Waals surface area contributed by atoms with E-state index in [4.69, 9.17) is 5.26 Å². The molecule has 2 aromatic rings. The second-order valence-electron chi connectivity index (χ2n) is 6.78. The Kier molecular flexibility index (Phi) is 4.43. The Labute approximate surface area is 155 Å². The van der Waals surface area contributed by atoms with Crippen LogP contribution in [-0.4, -0.2) is 45.7 Å². The number of hydrogen-bond acceptors (Lipinski definition) is 5. The lowest BCUT2D eigenvalue weighted by Crippen LogP contribution is -2.47. The third-order valence-corrected chi connectivity index (χ3v) is 5.77. The SMILES string of the molecule is N#Cc1cccc(C(=O)N2C[C@H]3CC[C@@H](C2)N(Cc2cscn2)C3=O)c1. The van der Waals surface area contributed by atoms with E-state index in [-0.39, 0.29) is 23.8 Å². The number of carbonyl (C=O) groups excluding carboxylic acids is 2. The molecule has 0 aliphatic carbocycles. The number of piperidine rings is 1. The van der Waals surface area contributed by atoms with E-state index in [1.807, 2.05) is 10.3 Å². The first-order chi connectivity index (χ1) is 12.7. The summed E-state index contributed by atoms with van der Waals surface area (Å²) in [6.45, 7) is 1.48. The molecule has 0 radical (unpaired) electrons. The summed E-state index contributed by atoms with van der Waals surface area (Å²) in [6, 6.07) is 8.83. The molecule has 3 saturated heterocycles. The predicted octanol–water partition coefficient (Wildman–Crippen LogP) is 2.28. The van der Waals surface area contributed by atoms with Gasteiger partial charge in [-0.2, -0.15) is 5.26 Å². The molecule has 3 fully saturated rings. The van der Waals surface area contributed by atoms with E-state index in [1.165, 1.54) is 11.3 Å². The second-order valence-corrected chi connectivity index (χ2v) is 7.50. The highest BCUT2D eigenvalue weighted by Crippen LogP contribution is 2.31. The predicted molar refractivity (Wildman–Crippen MR) is 96.2 cm³/mol. The Bertz CT molecular complexity index is 874. The maximum Gasteiger partial charge on any atom is 0.253 e. The summed E-state index contributed by atoms with van der Waals surface area (Å²) in [6.07, 6.45) is 1.72. The Morgan fingerprint density at radius 2 is 2.23 bits per heavy atom. The summed E-state index contributed by atoms with van der Waals surface area (Å²) in [7, 11) is 0. The zero-order chi connectivity index (χ0) is 18.1. The molecule has 0 saturated carbocycles. The Balaban J connectivity index is 1.56. The lowest BCUT2D eigenvalue weighted by molar-refractivity contribution is -0.140. The fourth-order valence-electron chi connectivity index (χ4n) is 3.81. The molecule has 0 spiro atoms. The normalized spacial score (nSPS) is 22.2. The first kappa shape index (κ1) is 16.7. The molecular weight excluding hydrogens is 348 g/mol. The van der Waals surface area contributed by atoms with E-state index in [0.717, 1.165) is 18.5 Å². The monoisotopic (exact) mass is 366 g/mol. The number of carbonyl (C=O) groups is 2. The highest BCUT2D eigenvalue weighted by Gasteiger charge is 2.42. The topological polar surface area (TPSA) is 77.3 Å². The van der Waals surface area contributed by atoms with Crippen molar-refractivity contribution in [2.75, 3.05) is 13.1 Å². The zero-order valence-electron chi connectivity index (χ0n) is 14.2. The molecule has 1 aromatic carbocycles. The van der Waals surface area contributed by atoms with Gasteiger partial charge in [-0.25, -0.2) is 4.98 Å². The van der Waals surface area contributed by atoms with E-state index in [0.29, 0.717) is 30.8 Å².